The number of hydrogen-bond donors (Lipinski definition) is 3. The first-order chi connectivity index (χ1) is 14.8. The molecule has 31 heavy (non-hydrogen) atoms. The van der Waals surface area contributed by atoms with Crippen molar-refractivity contribution in [3.8, 4) is 0 Å². The molecule has 0 aliphatic carbocycles. The van der Waals surface area contributed by atoms with Crippen LogP contribution in [0.15, 0.2) is 0 Å². The zero-order valence-corrected chi connectivity index (χ0v) is 20.3. The topological polar surface area (TPSA) is 151 Å². The second-order valence-corrected chi connectivity index (χ2v) is 9.10. The first kappa shape index (κ1) is 30.8. The number of rotatable bonds is 22. The van der Waals surface area contributed by atoms with Crippen molar-refractivity contribution < 1.29 is 52.0 Å². The average molecular weight is 493 g/mol. The maximum atomic E-state index is 11.9. The van der Waals surface area contributed by atoms with Crippen molar-refractivity contribution >= 4 is 22.1 Å². The fraction of sp³-hybridized carbons (Fsp3) is 0.941. The lowest BCUT2D eigenvalue weighted by atomic mass is 10.0. The van der Waals surface area contributed by atoms with E-state index < -0.39 is 16.2 Å². The minimum atomic E-state index is -4.22. The molecule has 0 aliphatic rings. The Hall–Kier alpha value is -0.230. The number of phosphoric ester groups is 1. The predicted molar refractivity (Wildman–Crippen MR) is 113 cm³/mol. The van der Waals surface area contributed by atoms with E-state index >= 15 is 0 Å². The van der Waals surface area contributed by atoms with Crippen LogP contribution in [-0.4, -0.2) is 89.1 Å². The second kappa shape index (κ2) is 20.4. The molecule has 0 spiro atoms. The number of aliphatic hydroxyl groups excluding tert-OH is 1. The number of carbonyl (C=O) groups excluding carboxylic acids is 1. The van der Waals surface area contributed by atoms with Crippen LogP contribution in [0.1, 0.15) is 26.2 Å². The molecule has 0 saturated heterocycles. The maximum absolute atomic E-state index is 11.9. The highest BCUT2D eigenvalue weighted by molar-refractivity contribution is 7.47. The number of nitrogens with one attached hydrogen (secondary N) is 1. The van der Waals surface area contributed by atoms with Gasteiger partial charge in [0.05, 0.1) is 53.4 Å². The molecule has 186 valence electrons. The van der Waals surface area contributed by atoms with Crippen LogP contribution in [0, 0.1) is 5.92 Å². The maximum Gasteiger partial charge on any atom is 0.472 e. The summed E-state index contributed by atoms with van der Waals surface area (Å²) in [5.74, 6) is -0.379. The molecule has 0 aromatic carbocycles. The van der Waals surface area contributed by atoms with E-state index in [1.165, 1.54) is 14.0 Å². The van der Waals surface area contributed by atoms with Gasteiger partial charge in [-0.1, -0.05) is 6.42 Å². The quantitative estimate of drug-likeness (QED) is 0.0873. The van der Waals surface area contributed by atoms with Crippen molar-refractivity contribution in [2.24, 2.45) is 5.92 Å². The Morgan fingerprint density at radius 1 is 1.06 bits per heavy atom. The normalized spacial score (nSPS) is 15.4. The third-order valence-corrected chi connectivity index (χ3v) is 5.57. The van der Waals surface area contributed by atoms with Gasteiger partial charge in [0.2, 0.25) is 14.3 Å². The van der Waals surface area contributed by atoms with Gasteiger partial charge in [-0.3, -0.25) is 13.8 Å². The van der Waals surface area contributed by atoms with Gasteiger partial charge in [0.15, 0.2) is 0 Å². The summed E-state index contributed by atoms with van der Waals surface area (Å²) in [6.45, 7) is 4.83. The highest BCUT2D eigenvalue weighted by Gasteiger charge is 2.23. The molecule has 0 saturated carbocycles. The van der Waals surface area contributed by atoms with Crippen molar-refractivity contribution in [2.45, 2.75) is 26.2 Å². The Morgan fingerprint density at radius 3 is 2.32 bits per heavy atom. The van der Waals surface area contributed by atoms with E-state index in [2.05, 4.69) is 10.2 Å². The van der Waals surface area contributed by atoms with E-state index in [1.54, 1.807) is 6.66 Å². The number of amides is 1. The van der Waals surface area contributed by atoms with Gasteiger partial charge in [-0.2, -0.15) is 4.67 Å². The van der Waals surface area contributed by atoms with Crippen molar-refractivity contribution in [2.75, 3.05) is 73.2 Å². The van der Waals surface area contributed by atoms with Gasteiger partial charge in [0.25, 0.3) is 0 Å². The summed E-state index contributed by atoms with van der Waals surface area (Å²) in [5, 5.41) is 12.0. The number of carbonyl (C=O) groups is 1. The van der Waals surface area contributed by atoms with Gasteiger partial charge in [-0.05, 0) is 12.8 Å². The molecule has 0 aromatic heterocycles. The van der Waals surface area contributed by atoms with Gasteiger partial charge in [-0.25, -0.2) is 9.45 Å². The number of aliphatic hydroxyl groups is 1. The van der Waals surface area contributed by atoms with E-state index in [0.29, 0.717) is 39.4 Å². The van der Waals surface area contributed by atoms with Gasteiger partial charge in [0.1, 0.15) is 0 Å². The largest absolute Gasteiger partial charge is 0.472 e. The first-order valence-corrected chi connectivity index (χ1v) is 13.1. The zero-order chi connectivity index (χ0) is 23.4. The monoisotopic (exact) mass is 493 g/mol. The summed E-state index contributed by atoms with van der Waals surface area (Å²) >= 11 is 0. The summed E-state index contributed by atoms with van der Waals surface area (Å²) in [5.41, 5.74) is 0. The molecule has 0 fully saturated rings. The standard InChI is InChI=1S/C17H37NO11P2/c1-16(20)18-7-5-4-6-17(14-19)15-28-31(21,22)27-13-11-25-9-8-24-10-12-26-30(3)29-23-2/h17,19H,4-15H2,1-3H3,(H,18,20)(H,21,22). The highest BCUT2D eigenvalue weighted by atomic mass is 31.2. The van der Waals surface area contributed by atoms with Crippen molar-refractivity contribution in [3.63, 3.8) is 0 Å². The SMILES string of the molecule is COOP(C)OCCOCCOCCOP(=O)(O)OCC(CO)CCCCNC(C)=O. The van der Waals surface area contributed by atoms with Gasteiger partial charge < -0.3 is 29.3 Å². The molecular formula is C17H37NO11P2. The molecule has 12 nitrogen and oxygen atoms in total. The number of hydrogen-bond acceptors (Lipinski definition) is 10. The summed E-state index contributed by atoms with van der Waals surface area (Å²) in [6, 6.07) is 0. The second-order valence-electron chi connectivity index (χ2n) is 6.36. The molecule has 3 unspecified atom stereocenters. The summed E-state index contributed by atoms with van der Waals surface area (Å²) < 4.78 is 42.2. The fourth-order valence-electron chi connectivity index (χ4n) is 2.17. The van der Waals surface area contributed by atoms with Gasteiger partial charge >= 0.3 is 7.82 Å². The molecule has 0 aromatic rings. The van der Waals surface area contributed by atoms with Crippen LogP contribution in [-0.2, 0) is 42.0 Å². The predicted octanol–water partition coefficient (Wildman–Crippen LogP) is 1.60. The lowest BCUT2D eigenvalue weighted by Crippen LogP contribution is -2.21. The molecule has 14 heteroatoms. The fourth-order valence-corrected chi connectivity index (χ4v) is 3.53. The van der Waals surface area contributed by atoms with Crippen LogP contribution >= 0.6 is 16.2 Å². The molecule has 0 aliphatic heterocycles. The molecule has 0 radical (unpaired) electrons. The minimum Gasteiger partial charge on any atom is -0.396 e. The summed E-state index contributed by atoms with van der Waals surface area (Å²) in [4.78, 5) is 24.9. The lowest BCUT2D eigenvalue weighted by molar-refractivity contribution is -0.178. The Balaban J connectivity index is 3.66. The number of ether oxygens (including phenoxy) is 2. The Labute approximate surface area is 185 Å². The highest BCUT2D eigenvalue weighted by Crippen LogP contribution is 2.43. The summed E-state index contributed by atoms with van der Waals surface area (Å²) in [6.07, 6.45) is 2.09. The average Bonchev–Trinajstić information content (AvgIpc) is 2.71. The molecule has 0 heterocycles. The lowest BCUT2D eigenvalue weighted by Gasteiger charge is -2.17. The van der Waals surface area contributed by atoms with Gasteiger partial charge in [-0.15, -0.1) is 0 Å². The van der Waals surface area contributed by atoms with Crippen LogP contribution in [0.5, 0.6) is 0 Å². The van der Waals surface area contributed by atoms with Crippen molar-refractivity contribution in [1.82, 2.24) is 5.32 Å². The Kier molecular flexibility index (Phi) is 20.2. The third kappa shape index (κ3) is 21.4. The van der Waals surface area contributed by atoms with Crippen LogP contribution in [0.4, 0.5) is 0 Å². The smallest absolute Gasteiger partial charge is 0.396 e. The van der Waals surface area contributed by atoms with Crippen LogP contribution in [0.3, 0.4) is 0 Å². The third-order valence-electron chi connectivity index (χ3n) is 3.68. The molecular weight excluding hydrogens is 456 g/mol. The van der Waals surface area contributed by atoms with Crippen LogP contribution in [0.25, 0.3) is 0 Å². The van der Waals surface area contributed by atoms with Crippen LogP contribution < -0.4 is 5.32 Å². The Morgan fingerprint density at radius 2 is 1.71 bits per heavy atom. The van der Waals surface area contributed by atoms with E-state index in [1.807, 2.05) is 0 Å². The molecule has 1 amide bonds. The summed E-state index contributed by atoms with van der Waals surface area (Å²) in [7, 11) is -3.89. The number of phosphoric acid groups is 1. The van der Waals surface area contributed by atoms with E-state index in [0.717, 1.165) is 12.8 Å². The van der Waals surface area contributed by atoms with Gasteiger partial charge in [0, 0.05) is 32.7 Å². The zero-order valence-electron chi connectivity index (χ0n) is 18.5. The van der Waals surface area contributed by atoms with E-state index in [9.17, 15) is 19.4 Å². The first-order valence-electron chi connectivity index (χ1n) is 10.0. The molecule has 3 N–H and O–H groups in total. The Bertz CT molecular complexity index is 487. The van der Waals surface area contributed by atoms with E-state index in [4.69, 9.17) is 27.7 Å². The minimum absolute atomic E-state index is 0.0916. The van der Waals surface area contributed by atoms with Crippen molar-refractivity contribution in [1.29, 1.82) is 0 Å². The molecule has 0 rings (SSSR count). The van der Waals surface area contributed by atoms with Crippen molar-refractivity contribution in [3.05, 3.63) is 0 Å². The van der Waals surface area contributed by atoms with Crippen LogP contribution in [0.2, 0.25) is 0 Å². The number of unbranched alkanes of at least 4 members (excludes halogenated alkanes) is 1. The van der Waals surface area contributed by atoms with E-state index in [-0.39, 0.29) is 38.3 Å². The molecule has 0 bridgehead atoms. The molecule has 3 atom stereocenters.